The van der Waals surface area contributed by atoms with E-state index in [1.54, 1.807) is 30.3 Å². The molecule has 2 aliphatic heterocycles. The molecule has 0 saturated carbocycles. The third kappa shape index (κ3) is 2.34. The summed E-state index contributed by atoms with van der Waals surface area (Å²) in [6.45, 7) is -0.0347. The summed E-state index contributed by atoms with van der Waals surface area (Å²) in [6, 6.07) is 10.8. The fourth-order valence-corrected chi connectivity index (χ4v) is 3.34. The summed E-state index contributed by atoms with van der Waals surface area (Å²) in [4.78, 5) is 50.2. The summed E-state index contributed by atoms with van der Waals surface area (Å²) >= 11 is 0. The molecular weight excluding hydrogens is 338 g/mol. The normalized spacial score (nSPS) is 15.2. The van der Waals surface area contributed by atoms with Crippen molar-refractivity contribution in [3.63, 3.8) is 0 Å². The van der Waals surface area contributed by atoms with Crippen molar-refractivity contribution in [1.82, 2.24) is 4.90 Å². The van der Waals surface area contributed by atoms with E-state index in [2.05, 4.69) is 0 Å². The predicted molar refractivity (Wildman–Crippen MR) is 91.0 cm³/mol. The molecule has 0 N–H and O–H groups in total. The van der Waals surface area contributed by atoms with E-state index in [-0.39, 0.29) is 16.8 Å². The van der Waals surface area contributed by atoms with Crippen molar-refractivity contribution >= 4 is 29.1 Å². The number of non-ortho nitro benzene ring substituents is 1. The van der Waals surface area contributed by atoms with Crippen molar-refractivity contribution in [3.05, 3.63) is 69.3 Å². The molecule has 8 heteroatoms. The SMILES string of the molecule is O=C1c2ccccc2C(=O)N1CC(=O)N1CCc2ccc([N+](=O)[O-])cc21. The van der Waals surface area contributed by atoms with Gasteiger partial charge in [-0.05, 0) is 24.1 Å². The second-order valence-corrected chi connectivity index (χ2v) is 6.11. The molecule has 2 aromatic rings. The Kier molecular flexibility index (Phi) is 3.54. The van der Waals surface area contributed by atoms with Crippen LogP contribution in [-0.2, 0) is 11.2 Å². The van der Waals surface area contributed by atoms with Gasteiger partial charge in [0.15, 0.2) is 0 Å². The molecule has 0 saturated heterocycles. The number of anilines is 1. The Morgan fingerprint density at radius 1 is 1.08 bits per heavy atom. The quantitative estimate of drug-likeness (QED) is 0.477. The maximum Gasteiger partial charge on any atom is 0.271 e. The minimum Gasteiger partial charge on any atom is -0.310 e. The van der Waals surface area contributed by atoms with Gasteiger partial charge >= 0.3 is 0 Å². The van der Waals surface area contributed by atoms with E-state index in [0.717, 1.165) is 10.5 Å². The van der Waals surface area contributed by atoms with Crippen molar-refractivity contribution in [2.45, 2.75) is 6.42 Å². The van der Waals surface area contributed by atoms with E-state index < -0.39 is 29.2 Å². The lowest BCUT2D eigenvalue weighted by Gasteiger charge is -2.20. The highest BCUT2D eigenvalue weighted by Gasteiger charge is 2.38. The van der Waals surface area contributed by atoms with Gasteiger partial charge in [0, 0.05) is 18.7 Å². The molecule has 0 atom stereocenters. The Bertz CT molecular complexity index is 950. The van der Waals surface area contributed by atoms with Crippen molar-refractivity contribution < 1.29 is 19.3 Å². The largest absolute Gasteiger partial charge is 0.310 e. The number of nitrogens with zero attached hydrogens (tertiary/aromatic N) is 3. The first-order valence-corrected chi connectivity index (χ1v) is 8.00. The Hall–Kier alpha value is -3.55. The van der Waals surface area contributed by atoms with Crippen LogP contribution >= 0.6 is 0 Å². The van der Waals surface area contributed by atoms with E-state index in [0.29, 0.717) is 18.7 Å². The van der Waals surface area contributed by atoms with Crippen LogP contribution < -0.4 is 4.90 Å². The third-order valence-electron chi connectivity index (χ3n) is 4.65. The van der Waals surface area contributed by atoms with E-state index in [9.17, 15) is 24.5 Å². The predicted octanol–water partition coefficient (Wildman–Crippen LogP) is 1.78. The summed E-state index contributed by atoms with van der Waals surface area (Å²) < 4.78 is 0. The molecule has 0 fully saturated rings. The van der Waals surface area contributed by atoms with Gasteiger partial charge in [-0.3, -0.25) is 29.4 Å². The second kappa shape index (κ2) is 5.76. The highest BCUT2D eigenvalue weighted by molar-refractivity contribution is 6.22. The lowest BCUT2D eigenvalue weighted by Crippen LogP contribution is -2.42. The second-order valence-electron chi connectivity index (χ2n) is 6.11. The minimum atomic E-state index is -0.522. The van der Waals surface area contributed by atoms with E-state index in [4.69, 9.17) is 0 Å². The fourth-order valence-electron chi connectivity index (χ4n) is 3.34. The van der Waals surface area contributed by atoms with Crippen LogP contribution in [0.4, 0.5) is 11.4 Å². The molecule has 26 heavy (non-hydrogen) atoms. The molecule has 3 amide bonds. The Labute approximate surface area is 147 Å². The molecule has 8 nitrogen and oxygen atoms in total. The van der Waals surface area contributed by atoms with Crippen LogP contribution in [0.5, 0.6) is 0 Å². The van der Waals surface area contributed by atoms with Crippen LogP contribution in [0.1, 0.15) is 26.3 Å². The first-order chi connectivity index (χ1) is 12.5. The lowest BCUT2D eigenvalue weighted by molar-refractivity contribution is -0.384. The number of carbonyl (C=O) groups excluding carboxylic acids is 3. The van der Waals surface area contributed by atoms with Gasteiger partial charge in [0.05, 0.1) is 21.7 Å². The molecule has 130 valence electrons. The van der Waals surface area contributed by atoms with Crippen molar-refractivity contribution in [2.75, 3.05) is 18.0 Å². The fraction of sp³-hybridized carbons (Fsp3) is 0.167. The summed E-state index contributed by atoms with van der Waals surface area (Å²) in [5.41, 5.74) is 1.74. The van der Waals surface area contributed by atoms with Crippen molar-refractivity contribution in [3.8, 4) is 0 Å². The molecule has 2 heterocycles. The van der Waals surface area contributed by atoms with Gasteiger partial charge in [0.2, 0.25) is 5.91 Å². The Morgan fingerprint density at radius 2 is 1.73 bits per heavy atom. The number of carbonyl (C=O) groups is 3. The number of nitro benzene ring substituents is 1. The van der Waals surface area contributed by atoms with Gasteiger partial charge in [0.25, 0.3) is 17.5 Å². The van der Waals surface area contributed by atoms with Crippen LogP contribution in [0.2, 0.25) is 0 Å². The Morgan fingerprint density at radius 3 is 2.35 bits per heavy atom. The maximum absolute atomic E-state index is 12.7. The number of imide groups is 1. The molecule has 0 radical (unpaired) electrons. The summed E-state index contributed by atoms with van der Waals surface area (Å²) in [7, 11) is 0. The number of benzene rings is 2. The first-order valence-electron chi connectivity index (χ1n) is 8.00. The monoisotopic (exact) mass is 351 g/mol. The van der Waals surface area contributed by atoms with Gasteiger partial charge < -0.3 is 4.90 Å². The standard InChI is InChI=1S/C18H13N3O5/c22-16(10-20-17(23)13-3-1-2-4-14(13)18(20)24)19-8-7-11-5-6-12(21(25)26)9-15(11)19/h1-6,9H,7-8,10H2. The van der Waals surface area contributed by atoms with Gasteiger partial charge in [0.1, 0.15) is 6.54 Å². The maximum atomic E-state index is 12.7. The van der Waals surface area contributed by atoms with Gasteiger partial charge in [-0.2, -0.15) is 0 Å². The van der Waals surface area contributed by atoms with Crippen molar-refractivity contribution in [2.24, 2.45) is 0 Å². The van der Waals surface area contributed by atoms with Crippen molar-refractivity contribution in [1.29, 1.82) is 0 Å². The van der Waals surface area contributed by atoms with Crippen LogP contribution in [0.25, 0.3) is 0 Å². The highest BCUT2D eigenvalue weighted by Crippen LogP contribution is 2.32. The zero-order chi connectivity index (χ0) is 18.4. The van der Waals surface area contributed by atoms with E-state index in [1.807, 2.05) is 0 Å². The van der Waals surface area contributed by atoms with Crippen LogP contribution in [0.15, 0.2) is 42.5 Å². The zero-order valence-corrected chi connectivity index (χ0v) is 13.5. The topological polar surface area (TPSA) is 101 Å². The molecule has 0 aromatic heterocycles. The molecule has 2 aliphatic rings. The van der Waals surface area contributed by atoms with Crippen LogP contribution in [-0.4, -0.2) is 40.6 Å². The number of nitro groups is 1. The van der Waals surface area contributed by atoms with Crippen LogP contribution in [0.3, 0.4) is 0 Å². The van der Waals surface area contributed by atoms with Gasteiger partial charge in [-0.25, -0.2) is 0 Å². The Balaban J connectivity index is 1.58. The number of fused-ring (bicyclic) bond motifs is 2. The summed E-state index contributed by atoms with van der Waals surface area (Å²) in [6.07, 6.45) is 0.571. The average molecular weight is 351 g/mol. The number of rotatable bonds is 3. The third-order valence-corrected chi connectivity index (χ3v) is 4.65. The molecule has 0 unspecified atom stereocenters. The lowest BCUT2D eigenvalue weighted by atomic mass is 10.1. The zero-order valence-electron chi connectivity index (χ0n) is 13.5. The molecular formula is C18H13N3O5. The number of hydrogen-bond donors (Lipinski definition) is 0. The van der Waals surface area contributed by atoms with E-state index >= 15 is 0 Å². The first kappa shape index (κ1) is 15.9. The molecule has 0 aliphatic carbocycles. The molecule has 0 bridgehead atoms. The summed E-state index contributed by atoms with van der Waals surface area (Å²) in [5.74, 6) is -1.45. The smallest absolute Gasteiger partial charge is 0.271 e. The highest BCUT2D eigenvalue weighted by atomic mass is 16.6. The number of amides is 3. The average Bonchev–Trinajstić information content (AvgIpc) is 3.16. The van der Waals surface area contributed by atoms with E-state index in [1.165, 1.54) is 17.0 Å². The molecule has 0 spiro atoms. The molecule has 4 rings (SSSR count). The minimum absolute atomic E-state index is 0.107. The summed E-state index contributed by atoms with van der Waals surface area (Å²) in [5, 5.41) is 11.0. The van der Waals surface area contributed by atoms with Crippen LogP contribution in [0, 0.1) is 10.1 Å². The van der Waals surface area contributed by atoms with Gasteiger partial charge in [-0.1, -0.05) is 18.2 Å². The molecule has 2 aromatic carbocycles. The van der Waals surface area contributed by atoms with Gasteiger partial charge in [-0.15, -0.1) is 0 Å². The number of hydrogen-bond acceptors (Lipinski definition) is 5.